The lowest BCUT2D eigenvalue weighted by Gasteiger charge is -2.08. The Morgan fingerprint density at radius 2 is 1.86 bits per heavy atom. The van der Waals surface area contributed by atoms with Gasteiger partial charge >= 0.3 is 0 Å². The number of rotatable bonds is 8. The Bertz CT molecular complexity index is 1090. The maximum absolute atomic E-state index is 12.5. The predicted molar refractivity (Wildman–Crippen MR) is 114 cm³/mol. The van der Waals surface area contributed by atoms with Crippen molar-refractivity contribution in [1.29, 1.82) is 0 Å². The molecule has 0 radical (unpaired) electrons. The second-order valence-electron chi connectivity index (χ2n) is 6.16. The molecule has 1 heterocycles. The van der Waals surface area contributed by atoms with E-state index in [4.69, 9.17) is 4.74 Å². The van der Waals surface area contributed by atoms with Crippen molar-refractivity contribution < 1.29 is 17.9 Å². The maximum atomic E-state index is 12.5. The number of para-hydroxylation sites is 1. The molecule has 2 N–H and O–H groups in total. The van der Waals surface area contributed by atoms with E-state index in [1.807, 2.05) is 31.2 Å². The van der Waals surface area contributed by atoms with Crippen molar-refractivity contribution in [2.24, 2.45) is 0 Å². The molecule has 9 heteroatoms. The van der Waals surface area contributed by atoms with E-state index < -0.39 is 10.0 Å². The molecule has 29 heavy (non-hydrogen) atoms. The zero-order valence-electron chi connectivity index (χ0n) is 16.0. The Balaban J connectivity index is 1.64. The van der Waals surface area contributed by atoms with Gasteiger partial charge in [0.25, 0.3) is 10.0 Å². The average molecular weight is 432 g/mol. The summed E-state index contributed by atoms with van der Waals surface area (Å²) in [6.45, 7) is 2.02. The van der Waals surface area contributed by atoms with Crippen molar-refractivity contribution in [3.63, 3.8) is 0 Å². The summed E-state index contributed by atoms with van der Waals surface area (Å²) in [4.78, 5) is 16.7. The number of aryl methyl sites for hydroxylation is 1. The molecule has 152 valence electrons. The first-order valence-corrected chi connectivity index (χ1v) is 11.3. The van der Waals surface area contributed by atoms with Crippen molar-refractivity contribution in [1.82, 2.24) is 4.98 Å². The topological polar surface area (TPSA) is 97.4 Å². The Kier molecular flexibility index (Phi) is 6.50. The fourth-order valence-corrected chi connectivity index (χ4v) is 4.64. The summed E-state index contributed by atoms with van der Waals surface area (Å²) in [6, 6.07) is 13.7. The number of carbonyl (C=O) groups excluding carboxylic acids is 1. The fraction of sp³-hybridized carbons (Fsp3) is 0.200. The van der Waals surface area contributed by atoms with E-state index in [1.54, 1.807) is 17.5 Å². The van der Waals surface area contributed by atoms with Gasteiger partial charge in [-0.3, -0.25) is 9.52 Å². The first-order valence-electron chi connectivity index (χ1n) is 8.90. The number of amides is 1. The molecule has 0 saturated carbocycles. The second-order valence-corrected chi connectivity index (χ2v) is 8.70. The number of aromatic nitrogens is 1. The maximum Gasteiger partial charge on any atom is 0.263 e. The first-order chi connectivity index (χ1) is 13.9. The molecule has 1 amide bonds. The van der Waals surface area contributed by atoms with Crippen LogP contribution in [0.3, 0.4) is 0 Å². The zero-order valence-corrected chi connectivity index (χ0v) is 17.6. The van der Waals surface area contributed by atoms with Crippen LogP contribution in [-0.2, 0) is 27.7 Å². The zero-order chi connectivity index (χ0) is 20.9. The number of benzene rings is 2. The number of ether oxygens (including phenoxy) is 1. The summed E-state index contributed by atoms with van der Waals surface area (Å²) in [5.41, 5.74) is 2.32. The summed E-state index contributed by atoms with van der Waals surface area (Å²) < 4.78 is 32.4. The first kappa shape index (κ1) is 20.8. The highest BCUT2D eigenvalue weighted by Gasteiger charge is 2.17. The van der Waals surface area contributed by atoms with E-state index in [9.17, 15) is 13.2 Å². The second kappa shape index (κ2) is 9.06. The Morgan fingerprint density at radius 1 is 1.14 bits per heavy atom. The Labute approximate surface area is 173 Å². The molecule has 3 aromatic rings. The highest BCUT2D eigenvalue weighted by molar-refractivity contribution is 7.93. The summed E-state index contributed by atoms with van der Waals surface area (Å²) in [5.74, 6) is 0.358. The number of carbonyl (C=O) groups is 1. The molecule has 0 saturated heterocycles. The van der Waals surface area contributed by atoms with Gasteiger partial charge in [-0.25, -0.2) is 13.4 Å². The molecule has 2 aromatic carbocycles. The normalized spacial score (nSPS) is 11.1. The standard InChI is InChI=1S/C20H21N3O4S2/c1-3-14-6-4-5-7-18(14)22-19(24)12-15-13-28-20(21-15)23-29(25,26)17-10-8-16(27-2)9-11-17/h4-11,13H,3,12H2,1-2H3,(H,21,23)(H,22,24). The number of anilines is 2. The van der Waals surface area contributed by atoms with Gasteiger partial charge in [0.1, 0.15) is 5.75 Å². The lowest BCUT2D eigenvalue weighted by molar-refractivity contribution is -0.115. The van der Waals surface area contributed by atoms with E-state index in [2.05, 4.69) is 15.0 Å². The Hall–Kier alpha value is -2.91. The lowest BCUT2D eigenvalue weighted by Crippen LogP contribution is -2.16. The number of hydrogen-bond donors (Lipinski definition) is 2. The summed E-state index contributed by atoms with van der Waals surface area (Å²) in [5, 5.41) is 4.75. The van der Waals surface area contributed by atoms with Gasteiger partial charge in [-0.05, 0) is 42.3 Å². The SMILES string of the molecule is CCc1ccccc1NC(=O)Cc1csc(NS(=O)(=O)c2ccc(OC)cc2)n1. The number of hydrogen-bond acceptors (Lipinski definition) is 6. The van der Waals surface area contributed by atoms with Crippen molar-refractivity contribution in [2.75, 3.05) is 17.1 Å². The minimum absolute atomic E-state index is 0.0544. The third-order valence-corrected chi connectivity index (χ3v) is 6.45. The molecule has 0 bridgehead atoms. The molecular formula is C20H21N3O4S2. The monoisotopic (exact) mass is 431 g/mol. The molecule has 0 unspecified atom stereocenters. The van der Waals surface area contributed by atoms with Gasteiger partial charge in [-0.2, -0.15) is 0 Å². The minimum atomic E-state index is -3.77. The molecule has 0 aliphatic carbocycles. The van der Waals surface area contributed by atoms with Crippen molar-refractivity contribution in [2.45, 2.75) is 24.7 Å². The molecular weight excluding hydrogens is 410 g/mol. The van der Waals surface area contributed by atoms with Crippen molar-refractivity contribution in [3.8, 4) is 5.75 Å². The molecule has 0 fully saturated rings. The third-order valence-electron chi connectivity index (χ3n) is 4.16. The van der Waals surface area contributed by atoms with E-state index in [0.29, 0.717) is 11.4 Å². The van der Waals surface area contributed by atoms with E-state index >= 15 is 0 Å². The molecule has 0 aliphatic heterocycles. The van der Waals surface area contributed by atoms with Crippen LogP contribution < -0.4 is 14.8 Å². The van der Waals surface area contributed by atoms with Gasteiger partial charge in [-0.1, -0.05) is 25.1 Å². The highest BCUT2D eigenvalue weighted by atomic mass is 32.2. The predicted octanol–water partition coefficient (Wildman–Crippen LogP) is 3.70. The number of nitrogens with zero attached hydrogens (tertiary/aromatic N) is 1. The molecule has 0 atom stereocenters. The van der Waals surface area contributed by atoms with Gasteiger partial charge in [-0.15, -0.1) is 11.3 Å². The number of sulfonamides is 1. The van der Waals surface area contributed by atoms with Crippen molar-refractivity contribution in [3.05, 3.63) is 65.2 Å². The Morgan fingerprint density at radius 3 is 2.55 bits per heavy atom. The third kappa shape index (κ3) is 5.33. The average Bonchev–Trinajstić information content (AvgIpc) is 3.14. The summed E-state index contributed by atoms with van der Waals surface area (Å²) >= 11 is 1.13. The van der Waals surface area contributed by atoms with Gasteiger partial charge in [0.05, 0.1) is 24.1 Å². The van der Waals surface area contributed by atoms with Gasteiger partial charge in [0.2, 0.25) is 5.91 Å². The van der Waals surface area contributed by atoms with Crippen LogP contribution in [0.25, 0.3) is 0 Å². The quantitative estimate of drug-likeness (QED) is 0.567. The molecule has 0 spiro atoms. The van der Waals surface area contributed by atoms with Gasteiger partial charge < -0.3 is 10.1 Å². The van der Waals surface area contributed by atoms with Crippen LogP contribution in [-0.4, -0.2) is 26.4 Å². The van der Waals surface area contributed by atoms with E-state index in [-0.39, 0.29) is 22.4 Å². The van der Waals surface area contributed by atoms with Crippen LogP contribution in [0.15, 0.2) is 58.8 Å². The minimum Gasteiger partial charge on any atom is -0.497 e. The number of thiazole rings is 1. The summed E-state index contributed by atoms with van der Waals surface area (Å²) in [7, 11) is -2.26. The van der Waals surface area contributed by atoms with Crippen LogP contribution in [0, 0.1) is 0 Å². The van der Waals surface area contributed by atoms with Crippen LogP contribution in [0.1, 0.15) is 18.2 Å². The number of nitrogens with one attached hydrogen (secondary N) is 2. The van der Waals surface area contributed by atoms with E-state index in [0.717, 1.165) is 29.0 Å². The smallest absolute Gasteiger partial charge is 0.263 e. The van der Waals surface area contributed by atoms with Crippen LogP contribution in [0.2, 0.25) is 0 Å². The van der Waals surface area contributed by atoms with Gasteiger partial charge in [0.15, 0.2) is 5.13 Å². The molecule has 1 aromatic heterocycles. The van der Waals surface area contributed by atoms with Crippen LogP contribution in [0.4, 0.5) is 10.8 Å². The van der Waals surface area contributed by atoms with Gasteiger partial charge in [0, 0.05) is 11.1 Å². The lowest BCUT2D eigenvalue weighted by atomic mass is 10.1. The van der Waals surface area contributed by atoms with Crippen LogP contribution in [0.5, 0.6) is 5.75 Å². The summed E-state index contributed by atoms with van der Waals surface area (Å²) in [6.07, 6.45) is 0.864. The largest absolute Gasteiger partial charge is 0.497 e. The molecule has 3 rings (SSSR count). The fourth-order valence-electron chi connectivity index (χ4n) is 2.67. The van der Waals surface area contributed by atoms with Crippen LogP contribution >= 0.6 is 11.3 Å². The highest BCUT2D eigenvalue weighted by Crippen LogP contribution is 2.22. The molecule has 0 aliphatic rings. The molecule has 7 nitrogen and oxygen atoms in total. The van der Waals surface area contributed by atoms with E-state index in [1.165, 1.54) is 19.2 Å². The van der Waals surface area contributed by atoms with Crippen molar-refractivity contribution >= 4 is 38.1 Å². The number of methoxy groups -OCH3 is 1.